The van der Waals surface area contributed by atoms with E-state index in [1.807, 2.05) is 13.8 Å². The molecule has 0 spiro atoms. The molecule has 1 atom stereocenters. The lowest BCUT2D eigenvalue weighted by Crippen LogP contribution is -2.65. The van der Waals surface area contributed by atoms with E-state index in [2.05, 4.69) is 5.32 Å². The Morgan fingerprint density at radius 3 is 2.58 bits per heavy atom. The zero-order valence-corrected chi connectivity index (χ0v) is 12.2. The second-order valence-corrected chi connectivity index (χ2v) is 6.25. The average Bonchev–Trinajstić information content (AvgIpc) is 2.42. The number of hydrogen-bond donors (Lipinski definition) is 1. The summed E-state index contributed by atoms with van der Waals surface area (Å²) in [6, 6.07) is 0. The number of carbonyl (C=O) groups excluding carboxylic acids is 2. The Bertz CT molecular complexity index is 350. The molecule has 0 aromatic carbocycles. The van der Waals surface area contributed by atoms with Crippen LogP contribution in [0.3, 0.4) is 0 Å². The van der Waals surface area contributed by atoms with E-state index < -0.39 is 5.54 Å². The molecule has 4 heteroatoms. The second-order valence-electron chi connectivity index (χ2n) is 6.25. The fourth-order valence-corrected chi connectivity index (χ4v) is 3.23. The molecular weight excluding hydrogens is 240 g/mol. The number of carbonyl (C=O) groups is 2. The smallest absolute Gasteiger partial charge is 0.248 e. The summed E-state index contributed by atoms with van der Waals surface area (Å²) < 4.78 is 0. The van der Waals surface area contributed by atoms with Gasteiger partial charge in [-0.2, -0.15) is 0 Å². The minimum atomic E-state index is -0.693. The number of nitrogens with one attached hydrogen (secondary N) is 1. The molecule has 1 saturated carbocycles. The summed E-state index contributed by atoms with van der Waals surface area (Å²) in [6.45, 7) is 4.76. The third-order valence-electron chi connectivity index (χ3n) is 4.75. The van der Waals surface area contributed by atoms with Crippen molar-refractivity contribution in [3.05, 3.63) is 0 Å². The van der Waals surface area contributed by atoms with Crippen LogP contribution in [-0.4, -0.2) is 35.3 Å². The van der Waals surface area contributed by atoms with Crippen LogP contribution >= 0.6 is 0 Å². The summed E-state index contributed by atoms with van der Waals surface area (Å²) in [5.74, 6) is 0.817. The highest BCUT2D eigenvalue weighted by Gasteiger charge is 2.41. The van der Waals surface area contributed by atoms with Crippen molar-refractivity contribution in [1.82, 2.24) is 10.2 Å². The Balaban J connectivity index is 1.91. The van der Waals surface area contributed by atoms with Crippen molar-refractivity contribution in [1.29, 1.82) is 0 Å². The first-order valence-electron chi connectivity index (χ1n) is 7.65. The van der Waals surface area contributed by atoms with Gasteiger partial charge >= 0.3 is 0 Å². The second kappa shape index (κ2) is 5.93. The van der Waals surface area contributed by atoms with Crippen molar-refractivity contribution in [2.75, 3.05) is 13.1 Å². The summed E-state index contributed by atoms with van der Waals surface area (Å²) in [5, 5.41) is 2.83. The summed E-state index contributed by atoms with van der Waals surface area (Å²) in [6.07, 6.45) is 8.29. The van der Waals surface area contributed by atoms with Gasteiger partial charge in [-0.15, -0.1) is 0 Å². The van der Waals surface area contributed by atoms with E-state index in [1.165, 1.54) is 32.1 Å². The summed E-state index contributed by atoms with van der Waals surface area (Å²) >= 11 is 0. The maximum absolute atomic E-state index is 12.4. The first-order valence-corrected chi connectivity index (χ1v) is 7.65. The molecule has 4 nitrogen and oxygen atoms in total. The third kappa shape index (κ3) is 3.28. The highest BCUT2D eigenvalue weighted by Crippen LogP contribution is 2.27. The third-order valence-corrected chi connectivity index (χ3v) is 4.75. The summed E-state index contributed by atoms with van der Waals surface area (Å²) in [5.41, 5.74) is -0.693. The normalized spacial score (nSPS) is 29.5. The molecule has 2 amide bonds. The Kier molecular flexibility index (Phi) is 4.48. The van der Waals surface area contributed by atoms with Gasteiger partial charge in [0, 0.05) is 6.54 Å². The Hall–Kier alpha value is -1.06. The highest BCUT2D eigenvalue weighted by atomic mass is 16.2. The molecule has 1 aliphatic heterocycles. The fraction of sp³-hybridized carbons (Fsp3) is 0.867. The Labute approximate surface area is 115 Å². The van der Waals surface area contributed by atoms with Gasteiger partial charge in [-0.05, 0) is 25.7 Å². The van der Waals surface area contributed by atoms with E-state index >= 15 is 0 Å². The van der Waals surface area contributed by atoms with Gasteiger partial charge in [-0.25, -0.2) is 0 Å². The zero-order chi connectivity index (χ0) is 13.9. The van der Waals surface area contributed by atoms with Gasteiger partial charge in [0.05, 0.1) is 6.54 Å². The molecule has 2 fully saturated rings. The Morgan fingerprint density at radius 2 is 1.95 bits per heavy atom. The molecule has 1 aliphatic carbocycles. The van der Waals surface area contributed by atoms with Crippen LogP contribution in [0.4, 0.5) is 0 Å². The molecule has 0 aromatic heterocycles. The molecule has 1 heterocycles. The lowest BCUT2D eigenvalue weighted by atomic mass is 9.86. The molecule has 19 heavy (non-hydrogen) atoms. The molecule has 2 rings (SSSR count). The molecule has 0 radical (unpaired) electrons. The van der Waals surface area contributed by atoms with Crippen LogP contribution in [0.2, 0.25) is 0 Å². The lowest BCUT2D eigenvalue weighted by Gasteiger charge is -2.39. The molecule has 108 valence electrons. The van der Waals surface area contributed by atoms with Crippen LogP contribution in [0.15, 0.2) is 0 Å². The molecule has 0 bridgehead atoms. The van der Waals surface area contributed by atoms with Crippen LogP contribution in [0, 0.1) is 5.92 Å². The maximum Gasteiger partial charge on any atom is 0.248 e. The van der Waals surface area contributed by atoms with Gasteiger partial charge in [0.15, 0.2) is 0 Å². The summed E-state index contributed by atoms with van der Waals surface area (Å²) in [4.78, 5) is 25.9. The van der Waals surface area contributed by atoms with Crippen molar-refractivity contribution in [2.24, 2.45) is 5.92 Å². The number of amides is 2. The van der Waals surface area contributed by atoms with Crippen molar-refractivity contribution in [3.8, 4) is 0 Å². The van der Waals surface area contributed by atoms with Crippen LogP contribution in [0.25, 0.3) is 0 Å². The average molecular weight is 266 g/mol. The van der Waals surface area contributed by atoms with Gasteiger partial charge < -0.3 is 10.2 Å². The maximum atomic E-state index is 12.4. The van der Waals surface area contributed by atoms with Crippen molar-refractivity contribution in [2.45, 2.75) is 64.3 Å². The molecule has 2 aliphatic rings. The van der Waals surface area contributed by atoms with Crippen molar-refractivity contribution < 1.29 is 9.59 Å². The minimum Gasteiger partial charge on any atom is -0.340 e. The Morgan fingerprint density at radius 1 is 1.26 bits per heavy atom. The van der Waals surface area contributed by atoms with Crippen LogP contribution in [-0.2, 0) is 9.59 Å². The van der Waals surface area contributed by atoms with Crippen LogP contribution in [0.5, 0.6) is 0 Å². The number of nitrogens with zero attached hydrogens (tertiary/aromatic N) is 1. The summed E-state index contributed by atoms with van der Waals surface area (Å²) in [7, 11) is 0. The van der Waals surface area contributed by atoms with E-state index in [4.69, 9.17) is 0 Å². The van der Waals surface area contributed by atoms with E-state index in [-0.39, 0.29) is 18.4 Å². The first-order chi connectivity index (χ1) is 9.05. The lowest BCUT2D eigenvalue weighted by molar-refractivity contribution is -0.149. The van der Waals surface area contributed by atoms with Gasteiger partial charge in [0.25, 0.3) is 0 Å². The minimum absolute atomic E-state index is 0.0207. The number of rotatable bonds is 4. The molecule has 1 unspecified atom stereocenters. The quantitative estimate of drug-likeness (QED) is 0.847. The molecule has 1 saturated heterocycles. The van der Waals surface area contributed by atoms with Crippen LogP contribution in [0.1, 0.15) is 58.8 Å². The highest BCUT2D eigenvalue weighted by molar-refractivity contribution is 5.97. The SMILES string of the molecule is CCC1(C)NC(=O)CN(CCC2CCCCC2)C1=O. The number of hydrogen-bond acceptors (Lipinski definition) is 2. The molecule has 0 aromatic rings. The van der Waals surface area contributed by atoms with E-state index in [0.29, 0.717) is 6.42 Å². The van der Waals surface area contributed by atoms with Crippen molar-refractivity contribution >= 4 is 11.8 Å². The van der Waals surface area contributed by atoms with Gasteiger partial charge in [0.2, 0.25) is 11.8 Å². The van der Waals surface area contributed by atoms with E-state index in [1.54, 1.807) is 4.90 Å². The van der Waals surface area contributed by atoms with E-state index in [9.17, 15) is 9.59 Å². The van der Waals surface area contributed by atoms with Crippen molar-refractivity contribution in [3.63, 3.8) is 0 Å². The number of piperazine rings is 1. The van der Waals surface area contributed by atoms with Gasteiger partial charge in [-0.1, -0.05) is 39.0 Å². The molecular formula is C15H26N2O2. The monoisotopic (exact) mass is 266 g/mol. The first kappa shape index (κ1) is 14.4. The predicted octanol–water partition coefficient (Wildman–Crippen LogP) is 2.08. The van der Waals surface area contributed by atoms with E-state index in [0.717, 1.165) is 18.9 Å². The van der Waals surface area contributed by atoms with Gasteiger partial charge in [-0.3, -0.25) is 9.59 Å². The van der Waals surface area contributed by atoms with Gasteiger partial charge in [0.1, 0.15) is 5.54 Å². The zero-order valence-electron chi connectivity index (χ0n) is 12.2. The standard InChI is InChI=1S/C15H26N2O2/c1-3-15(2)14(19)17(11-13(18)16-15)10-9-12-7-5-4-6-8-12/h12H,3-11H2,1-2H3,(H,16,18). The molecule has 1 N–H and O–H groups in total. The largest absolute Gasteiger partial charge is 0.340 e. The predicted molar refractivity (Wildman–Crippen MR) is 74.6 cm³/mol. The fourth-order valence-electron chi connectivity index (χ4n) is 3.23. The topological polar surface area (TPSA) is 49.4 Å². The van der Waals surface area contributed by atoms with Crippen LogP contribution < -0.4 is 5.32 Å².